The number of fused-ring (bicyclic) bond motifs is 1. The lowest BCUT2D eigenvalue weighted by Gasteiger charge is -2.29. The maximum absolute atomic E-state index is 13.4. The van der Waals surface area contributed by atoms with E-state index in [0.717, 1.165) is 42.8 Å². The van der Waals surface area contributed by atoms with Crippen molar-refractivity contribution >= 4 is 17.8 Å². The molecule has 0 aromatic carbocycles. The number of hydrogen-bond acceptors (Lipinski definition) is 7. The Morgan fingerprint density at radius 1 is 1.22 bits per heavy atom. The lowest BCUT2D eigenvalue weighted by atomic mass is 10.0. The van der Waals surface area contributed by atoms with E-state index >= 15 is 0 Å². The molecule has 2 unspecified atom stereocenters. The third-order valence-electron chi connectivity index (χ3n) is 6.76. The number of urea groups is 1. The maximum Gasteiger partial charge on any atom is 0.320 e. The van der Waals surface area contributed by atoms with Crippen molar-refractivity contribution in [1.29, 1.82) is 0 Å². The average Bonchev–Trinajstić information content (AvgIpc) is 3.21. The molecule has 0 saturated carbocycles. The number of aryl methyl sites for hydroxylation is 2. The minimum Gasteiger partial charge on any atom is -0.481 e. The van der Waals surface area contributed by atoms with E-state index in [4.69, 9.17) is 14.5 Å². The van der Waals surface area contributed by atoms with Crippen LogP contribution in [0.4, 0.5) is 10.6 Å². The number of carbonyl (C=O) groups is 2. The van der Waals surface area contributed by atoms with Crippen molar-refractivity contribution in [2.24, 2.45) is 0 Å². The molecule has 0 aliphatic carbocycles. The van der Waals surface area contributed by atoms with Gasteiger partial charge >= 0.3 is 12.0 Å². The van der Waals surface area contributed by atoms with Crippen molar-refractivity contribution < 1.29 is 19.1 Å². The summed E-state index contributed by atoms with van der Waals surface area (Å²) >= 11 is 0. The molecule has 37 heavy (non-hydrogen) atoms. The maximum atomic E-state index is 13.4. The number of pyridine rings is 2. The molecule has 2 aliphatic heterocycles. The zero-order valence-electron chi connectivity index (χ0n) is 22.6. The highest BCUT2D eigenvalue weighted by molar-refractivity contribution is 5.78. The first-order chi connectivity index (χ1) is 17.6. The molecular weight excluding hydrogens is 470 g/mol. The van der Waals surface area contributed by atoms with Gasteiger partial charge in [-0.25, -0.2) is 14.8 Å². The highest BCUT2D eigenvalue weighted by Gasteiger charge is 2.36. The summed E-state index contributed by atoms with van der Waals surface area (Å²) in [5.41, 5.74) is 2.49. The summed E-state index contributed by atoms with van der Waals surface area (Å²) in [4.78, 5) is 38.9. The molecule has 1 N–H and O–H groups in total. The predicted molar refractivity (Wildman–Crippen MR) is 142 cm³/mol. The van der Waals surface area contributed by atoms with Crippen LogP contribution < -0.4 is 10.1 Å². The van der Waals surface area contributed by atoms with Gasteiger partial charge in [0, 0.05) is 43.6 Å². The molecule has 9 heteroatoms. The number of carbonyl (C=O) groups excluding carboxylic acids is 2. The molecule has 200 valence electrons. The number of nitrogens with zero attached hydrogens (tertiary/aromatic N) is 4. The zero-order valence-corrected chi connectivity index (χ0v) is 22.6. The van der Waals surface area contributed by atoms with Gasteiger partial charge < -0.3 is 24.6 Å². The molecule has 2 aromatic heterocycles. The Balaban J connectivity index is 1.39. The quantitative estimate of drug-likeness (QED) is 0.501. The van der Waals surface area contributed by atoms with E-state index in [9.17, 15) is 9.59 Å². The second-order valence-corrected chi connectivity index (χ2v) is 10.9. The summed E-state index contributed by atoms with van der Waals surface area (Å²) in [5, 5.41) is 3.48. The number of anilines is 1. The van der Waals surface area contributed by atoms with Gasteiger partial charge in [0.25, 0.3) is 0 Å². The monoisotopic (exact) mass is 509 g/mol. The SMILES string of the molecule is COc1ccc(C(CC(=O)OC(C)(C)C)N2CCN(CCCc3ccc4c(n3)NC(C)CC4)C2=O)cn1. The van der Waals surface area contributed by atoms with Gasteiger partial charge in [-0.15, -0.1) is 0 Å². The van der Waals surface area contributed by atoms with E-state index in [1.165, 1.54) is 5.56 Å². The van der Waals surface area contributed by atoms with Gasteiger partial charge in [-0.05, 0) is 70.6 Å². The van der Waals surface area contributed by atoms with Crippen LogP contribution in [0.25, 0.3) is 0 Å². The van der Waals surface area contributed by atoms with E-state index in [1.807, 2.05) is 31.7 Å². The van der Waals surface area contributed by atoms with Crippen LogP contribution in [0.3, 0.4) is 0 Å². The molecule has 4 rings (SSSR count). The van der Waals surface area contributed by atoms with Crippen LogP contribution >= 0.6 is 0 Å². The van der Waals surface area contributed by atoms with Gasteiger partial charge in [0.15, 0.2) is 0 Å². The third kappa shape index (κ3) is 6.90. The smallest absolute Gasteiger partial charge is 0.320 e. The Bertz CT molecular complexity index is 1100. The standard InChI is InChI=1S/C28H39N5O4/c1-19-8-9-20-10-12-22(31-26(20)30-19)7-6-14-32-15-16-33(27(32)35)23(17-25(34)37-28(2,3)4)21-11-13-24(36-5)29-18-21/h10-13,18-19,23H,6-9,14-17H2,1-5H3,(H,30,31). The summed E-state index contributed by atoms with van der Waals surface area (Å²) in [6, 6.07) is 7.79. The highest BCUT2D eigenvalue weighted by Crippen LogP contribution is 2.30. The number of amides is 2. The minimum atomic E-state index is -0.598. The van der Waals surface area contributed by atoms with Crippen molar-refractivity contribution in [3.63, 3.8) is 0 Å². The summed E-state index contributed by atoms with van der Waals surface area (Å²) in [6.07, 6.45) is 5.54. The Hall–Kier alpha value is -3.36. The zero-order chi connectivity index (χ0) is 26.6. The van der Waals surface area contributed by atoms with Gasteiger partial charge in [-0.2, -0.15) is 0 Å². The molecule has 1 saturated heterocycles. The second kappa shape index (κ2) is 11.4. The largest absolute Gasteiger partial charge is 0.481 e. The lowest BCUT2D eigenvalue weighted by molar-refractivity contribution is -0.156. The molecule has 9 nitrogen and oxygen atoms in total. The van der Waals surface area contributed by atoms with Crippen LogP contribution in [0, 0.1) is 0 Å². The van der Waals surface area contributed by atoms with Crippen LogP contribution in [-0.4, -0.2) is 70.2 Å². The van der Waals surface area contributed by atoms with Gasteiger partial charge in [0.1, 0.15) is 11.4 Å². The molecule has 0 bridgehead atoms. The first kappa shape index (κ1) is 26.7. The molecule has 0 spiro atoms. The predicted octanol–water partition coefficient (Wildman–Crippen LogP) is 4.38. The highest BCUT2D eigenvalue weighted by atomic mass is 16.6. The van der Waals surface area contributed by atoms with Gasteiger partial charge in [-0.3, -0.25) is 4.79 Å². The van der Waals surface area contributed by atoms with Crippen molar-refractivity contribution in [1.82, 2.24) is 19.8 Å². The molecule has 2 aromatic rings. The number of esters is 1. The molecule has 2 atom stereocenters. The normalized spacial score (nSPS) is 18.3. The molecule has 2 aliphatic rings. The van der Waals surface area contributed by atoms with E-state index in [2.05, 4.69) is 29.4 Å². The fraction of sp³-hybridized carbons (Fsp3) is 0.571. The van der Waals surface area contributed by atoms with Gasteiger partial charge in [0.2, 0.25) is 5.88 Å². The second-order valence-electron chi connectivity index (χ2n) is 10.9. The lowest BCUT2D eigenvalue weighted by Crippen LogP contribution is -2.37. The number of aromatic nitrogens is 2. The Kier molecular flexibility index (Phi) is 8.19. The van der Waals surface area contributed by atoms with Gasteiger partial charge in [-0.1, -0.05) is 12.1 Å². The molecule has 2 amide bonds. The Morgan fingerprint density at radius 2 is 2.03 bits per heavy atom. The van der Waals surface area contributed by atoms with Crippen LogP contribution in [0.5, 0.6) is 5.88 Å². The van der Waals surface area contributed by atoms with Crippen molar-refractivity contribution in [2.75, 3.05) is 32.1 Å². The van der Waals surface area contributed by atoms with Crippen LogP contribution in [0.2, 0.25) is 0 Å². The van der Waals surface area contributed by atoms with Crippen LogP contribution in [-0.2, 0) is 22.4 Å². The molecule has 1 fully saturated rings. The van der Waals surface area contributed by atoms with E-state index in [0.29, 0.717) is 31.6 Å². The van der Waals surface area contributed by atoms with Crippen LogP contribution in [0.1, 0.15) is 69.8 Å². The average molecular weight is 510 g/mol. The van der Waals surface area contributed by atoms with E-state index in [1.54, 1.807) is 24.3 Å². The number of hydrogen-bond donors (Lipinski definition) is 1. The number of ether oxygens (including phenoxy) is 2. The number of nitrogens with one attached hydrogen (secondary N) is 1. The summed E-state index contributed by atoms with van der Waals surface area (Å²) in [5.74, 6) is 1.13. The molecular formula is C28H39N5O4. The fourth-order valence-electron chi connectivity index (χ4n) is 4.88. The first-order valence-electron chi connectivity index (χ1n) is 13.2. The number of rotatable bonds is 9. The van der Waals surface area contributed by atoms with Crippen molar-refractivity contribution in [2.45, 2.75) is 77.5 Å². The van der Waals surface area contributed by atoms with Crippen molar-refractivity contribution in [3.8, 4) is 5.88 Å². The Morgan fingerprint density at radius 3 is 2.73 bits per heavy atom. The van der Waals surface area contributed by atoms with Crippen molar-refractivity contribution in [3.05, 3.63) is 47.3 Å². The Labute approximate surface area is 219 Å². The first-order valence-corrected chi connectivity index (χ1v) is 13.2. The summed E-state index contributed by atoms with van der Waals surface area (Å²) < 4.78 is 10.7. The third-order valence-corrected chi connectivity index (χ3v) is 6.76. The number of methoxy groups -OCH3 is 1. The molecule has 4 heterocycles. The fourth-order valence-corrected chi connectivity index (χ4v) is 4.88. The van der Waals surface area contributed by atoms with Gasteiger partial charge in [0.05, 0.1) is 19.6 Å². The summed E-state index contributed by atoms with van der Waals surface area (Å²) in [6.45, 7) is 9.49. The van der Waals surface area contributed by atoms with Crippen LogP contribution in [0.15, 0.2) is 30.5 Å². The summed E-state index contributed by atoms with van der Waals surface area (Å²) in [7, 11) is 1.55. The van der Waals surface area contributed by atoms with E-state index in [-0.39, 0.29) is 18.4 Å². The molecule has 0 radical (unpaired) electrons. The topological polar surface area (TPSA) is 96.9 Å². The minimum absolute atomic E-state index is 0.0648. The van der Waals surface area contributed by atoms with E-state index < -0.39 is 11.6 Å².